The second kappa shape index (κ2) is 12.1. The Kier molecular flexibility index (Phi) is 8.45. The molecule has 0 bridgehead atoms. The van der Waals surface area contributed by atoms with Gasteiger partial charge in [-0.15, -0.1) is 0 Å². The van der Waals surface area contributed by atoms with Gasteiger partial charge in [0.25, 0.3) is 11.6 Å². The lowest BCUT2D eigenvalue weighted by molar-refractivity contribution is -0.384. The lowest BCUT2D eigenvalue weighted by atomic mass is 10.1. The van der Waals surface area contributed by atoms with Crippen LogP contribution >= 0.6 is 0 Å². The van der Waals surface area contributed by atoms with Crippen molar-refractivity contribution < 1.29 is 23.3 Å². The van der Waals surface area contributed by atoms with Gasteiger partial charge in [-0.05, 0) is 42.3 Å². The van der Waals surface area contributed by atoms with Crippen LogP contribution in [0.1, 0.15) is 34.8 Å². The lowest BCUT2D eigenvalue weighted by Gasteiger charge is -2.27. The van der Waals surface area contributed by atoms with Crippen LogP contribution < -0.4 is 5.43 Å². The number of carbonyl (C=O) groups excluding carboxylic acids is 2. The molecule has 0 fully saturated rings. The van der Waals surface area contributed by atoms with Crippen LogP contribution in [0.5, 0.6) is 0 Å². The SMILES string of the molecule is CCCN(CC(=O)N(Cc1ccc(F)cc1)Cc1coc2ccccc2c1=O)C(=O)c1cccc([N+](=O)[O-])c1. The number of para-hydroxylation sites is 1. The highest BCUT2D eigenvalue weighted by molar-refractivity contribution is 5.97. The largest absolute Gasteiger partial charge is 0.464 e. The number of benzene rings is 3. The zero-order chi connectivity index (χ0) is 27.9. The van der Waals surface area contributed by atoms with E-state index in [1.807, 2.05) is 6.92 Å². The summed E-state index contributed by atoms with van der Waals surface area (Å²) in [5, 5.41) is 11.6. The minimum atomic E-state index is -0.592. The van der Waals surface area contributed by atoms with Crippen molar-refractivity contribution in [3.8, 4) is 0 Å². The number of nitro benzene ring substituents is 1. The first-order valence-corrected chi connectivity index (χ1v) is 12.3. The van der Waals surface area contributed by atoms with E-state index in [0.717, 1.165) is 0 Å². The Balaban J connectivity index is 1.63. The highest BCUT2D eigenvalue weighted by Gasteiger charge is 2.24. The topological polar surface area (TPSA) is 114 Å². The van der Waals surface area contributed by atoms with Gasteiger partial charge in [-0.3, -0.25) is 24.5 Å². The molecule has 0 N–H and O–H groups in total. The third-order valence-corrected chi connectivity index (χ3v) is 6.16. The maximum atomic E-state index is 13.6. The Labute approximate surface area is 223 Å². The van der Waals surface area contributed by atoms with Crippen molar-refractivity contribution in [1.29, 1.82) is 0 Å². The summed E-state index contributed by atoms with van der Waals surface area (Å²) in [5.41, 5.74) is 0.861. The first-order valence-electron chi connectivity index (χ1n) is 12.3. The van der Waals surface area contributed by atoms with Crippen LogP contribution in [0.25, 0.3) is 11.0 Å². The fourth-order valence-electron chi connectivity index (χ4n) is 4.20. The van der Waals surface area contributed by atoms with E-state index in [1.54, 1.807) is 24.3 Å². The van der Waals surface area contributed by atoms with Gasteiger partial charge in [0.2, 0.25) is 5.91 Å². The van der Waals surface area contributed by atoms with Crippen LogP contribution in [0.3, 0.4) is 0 Å². The van der Waals surface area contributed by atoms with Crippen LogP contribution in [-0.4, -0.2) is 39.6 Å². The minimum absolute atomic E-state index is 0.0519. The maximum Gasteiger partial charge on any atom is 0.270 e. The summed E-state index contributed by atoms with van der Waals surface area (Å²) in [5.74, 6) is -1.41. The average molecular weight is 532 g/mol. The summed E-state index contributed by atoms with van der Waals surface area (Å²) in [7, 11) is 0. The number of amides is 2. The molecule has 39 heavy (non-hydrogen) atoms. The Hall–Kier alpha value is -4.86. The number of hydrogen-bond donors (Lipinski definition) is 0. The van der Waals surface area contributed by atoms with Crippen molar-refractivity contribution in [2.24, 2.45) is 0 Å². The molecule has 9 nitrogen and oxygen atoms in total. The fraction of sp³-hybridized carbons (Fsp3) is 0.207. The van der Waals surface area contributed by atoms with Crippen molar-refractivity contribution in [3.63, 3.8) is 0 Å². The van der Waals surface area contributed by atoms with Gasteiger partial charge < -0.3 is 14.2 Å². The molecule has 0 atom stereocenters. The number of halogens is 1. The average Bonchev–Trinajstić information content (AvgIpc) is 2.94. The number of fused-ring (bicyclic) bond motifs is 1. The van der Waals surface area contributed by atoms with Gasteiger partial charge in [-0.2, -0.15) is 0 Å². The standard InChI is InChI=1S/C29H26FN3O6/c1-2-14-31(29(36)21-6-5-7-24(15-21)33(37)38)18-27(34)32(16-20-10-12-23(30)13-11-20)17-22-19-39-26-9-4-3-8-25(26)28(22)35/h3-13,15,19H,2,14,16-18H2,1H3. The number of non-ortho nitro benzene ring substituents is 1. The Morgan fingerprint density at radius 1 is 0.974 bits per heavy atom. The van der Waals surface area contributed by atoms with Crippen LogP contribution in [0.2, 0.25) is 0 Å². The lowest BCUT2D eigenvalue weighted by Crippen LogP contribution is -2.43. The normalized spacial score (nSPS) is 10.8. The molecule has 0 saturated heterocycles. The Morgan fingerprint density at radius 3 is 2.44 bits per heavy atom. The predicted octanol–water partition coefficient (Wildman–Crippen LogP) is 4.92. The van der Waals surface area contributed by atoms with Gasteiger partial charge in [0, 0.05) is 30.8 Å². The molecule has 0 aliphatic carbocycles. The monoisotopic (exact) mass is 531 g/mol. The van der Waals surface area contributed by atoms with E-state index in [1.165, 1.54) is 64.6 Å². The molecule has 200 valence electrons. The van der Waals surface area contributed by atoms with Gasteiger partial charge in [0.05, 0.1) is 28.7 Å². The third kappa shape index (κ3) is 6.53. The highest BCUT2D eigenvalue weighted by Crippen LogP contribution is 2.17. The zero-order valence-corrected chi connectivity index (χ0v) is 21.2. The van der Waals surface area contributed by atoms with E-state index in [-0.39, 0.29) is 48.4 Å². The highest BCUT2D eigenvalue weighted by atomic mass is 19.1. The number of nitro groups is 1. The van der Waals surface area contributed by atoms with Gasteiger partial charge in [-0.1, -0.05) is 37.3 Å². The van der Waals surface area contributed by atoms with Crippen molar-refractivity contribution >= 4 is 28.5 Å². The Morgan fingerprint density at radius 2 is 1.72 bits per heavy atom. The van der Waals surface area contributed by atoms with E-state index in [4.69, 9.17) is 4.42 Å². The minimum Gasteiger partial charge on any atom is -0.464 e. The predicted molar refractivity (Wildman–Crippen MR) is 142 cm³/mol. The summed E-state index contributed by atoms with van der Waals surface area (Å²) in [4.78, 5) is 53.3. The third-order valence-electron chi connectivity index (χ3n) is 6.16. The van der Waals surface area contributed by atoms with Crippen molar-refractivity contribution in [3.05, 3.63) is 122 Å². The van der Waals surface area contributed by atoms with Crippen LogP contribution in [0, 0.1) is 15.9 Å². The maximum absolute atomic E-state index is 13.6. The molecule has 0 radical (unpaired) electrons. The molecule has 0 saturated carbocycles. The van der Waals surface area contributed by atoms with Gasteiger partial charge in [0.1, 0.15) is 17.9 Å². The fourth-order valence-corrected chi connectivity index (χ4v) is 4.20. The number of hydrogen-bond acceptors (Lipinski definition) is 6. The van der Waals surface area contributed by atoms with Crippen molar-refractivity contribution in [2.75, 3.05) is 13.1 Å². The van der Waals surface area contributed by atoms with E-state index in [0.29, 0.717) is 23.0 Å². The number of carbonyl (C=O) groups is 2. The zero-order valence-electron chi connectivity index (χ0n) is 21.2. The molecular weight excluding hydrogens is 505 g/mol. The Bertz CT molecular complexity index is 1570. The van der Waals surface area contributed by atoms with E-state index < -0.39 is 22.6 Å². The first-order chi connectivity index (χ1) is 18.8. The van der Waals surface area contributed by atoms with Gasteiger partial charge in [-0.25, -0.2) is 4.39 Å². The van der Waals surface area contributed by atoms with Crippen LogP contribution in [-0.2, 0) is 17.9 Å². The number of nitrogens with zero attached hydrogens (tertiary/aromatic N) is 3. The summed E-state index contributed by atoms with van der Waals surface area (Å²) in [6, 6.07) is 17.7. The summed E-state index contributed by atoms with van der Waals surface area (Å²) < 4.78 is 19.1. The van der Waals surface area contributed by atoms with E-state index >= 15 is 0 Å². The molecule has 0 aliphatic heterocycles. The number of rotatable bonds is 10. The molecule has 0 unspecified atom stereocenters. The molecule has 3 aromatic carbocycles. The van der Waals surface area contributed by atoms with Crippen molar-refractivity contribution in [2.45, 2.75) is 26.4 Å². The van der Waals surface area contributed by atoms with Gasteiger partial charge in [0.15, 0.2) is 5.43 Å². The second-order valence-corrected chi connectivity index (χ2v) is 9.00. The molecule has 2 amide bonds. The molecule has 4 aromatic rings. The first kappa shape index (κ1) is 27.2. The quantitative estimate of drug-likeness (QED) is 0.212. The van der Waals surface area contributed by atoms with Crippen LogP contribution in [0.15, 0.2) is 88.3 Å². The summed E-state index contributed by atoms with van der Waals surface area (Å²) in [6.45, 7) is 1.70. The molecule has 0 aliphatic rings. The van der Waals surface area contributed by atoms with E-state index in [9.17, 15) is 28.9 Å². The summed E-state index contributed by atoms with van der Waals surface area (Å²) in [6.07, 6.45) is 1.86. The van der Waals surface area contributed by atoms with E-state index in [2.05, 4.69) is 0 Å². The van der Waals surface area contributed by atoms with Crippen LogP contribution in [0.4, 0.5) is 10.1 Å². The molecule has 1 aromatic heterocycles. The second-order valence-electron chi connectivity index (χ2n) is 9.00. The molecular formula is C29H26FN3O6. The molecule has 0 spiro atoms. The van der Waals surface area contributed by atoms with Gasteiger partial charge >= 0.3 is 0 Å². The van der Waals surface area contributed by atoms with Crippen molar-refractivity contribution in [1.82, 2.24) is 9.80 Å². The molecule has 1 heterocycles. The summed E-state index contributed by atoms with van der Waals surface area (Å²) >= 11 is 0. The smallest absolute Gasteiger partial charge is 0.270 e. The molecule has 10 heteroatoms. The molecule has 4 rings (SSSR count).